The van der Waals surface area contributed by atoms with Gasteiger partial charge in [-0.2, -0.15) is 0 Å². The van der Waals surface area contributed by atoms with Gasteiger partial charge >= 0.3 is 0 Å². The molecule has 1 saturated heterocycles. The van der Waals surface area contributed by atoms with E-state index in [2.05, 4.69) is 10.2 Å². The summed E-state index contributed by atoms with van der Waals surface area (Å²) in [5.74, 6) is -4.95. The van der Waals surface area contributed by atoms with Crippen LogP contribution < -0.4 is 5.32 Å². The fraction of sp³-hybridized carbons (Fsp3) is 0.462. The van der Waals surface area contributed by atoms with E-state index in [9.17, 15) is 18.0 Å². The highest BCUT2D eigenvalue weighted by Gasteiger charge is 2.15. The van der Waals surface area contributed by atoms with E-state index >= 15 is 0 Å². The van der Waals surface area contributed by atoms with E-state index in [-0.39, 0.29) is 5.56 Å². The Kier molecular flexibility index (Phi) is 4.97. The van der Waals surface area contributed by atoms with Gasteiger partial charge in [0, 0.05) is 31.7 Å². The zero-order valence-electron chi connectivity index (χ0n) is 10.8. The van der Waals surface area contributed by atoms with Crippen molar-refractivity contribution in [3.63, 3.8) is 0 Å². The Labute approximate surface area is 114 Å². The van der Waals surface area contributed by atoms with E-state index in [0.717, 1.165) is 13.1 Å². The Morgan fingerprint density at radius 2 is 1.80 bits per heavy atom. The van der Waals surface area contributed by atoms with E-state index in [0.29, 0.717) is 38.4 Å². The molecule has 1 aromatic rings. The molecule has 0 aliphatic carbocycles. The zero-order valence-corrected chi connectivity index (χ0v) is 10.8. The maximum Gasteiger partial charge on any atom is 0.251 e. The third-order valence-electron chi connectivity index (χ3n) is 3.06. The van der Waals surface area contributed by atoms with Crippen LogP contribution in [0.3, 0.4) is 0 Å². The molecule has 0 spiro atoms. The molecular formula is C13H15F3N2O2. The number of halogens is 3. The minimum absolute atomic E-state index is 0.233. The summed E-state index contributed by atoms with van der Waals surface area (Å²) in [5.41, 5.74) is -0.233. The lowest BCUT2D eigenvalue weighted by molar-refractivity contribution is 0.0383. The van der Waals surface area contributed by atoms with Gasteiger partial charge in [0.2, 0.25) is 0 Å². The van der Waals surface area contributed by atoms with Crippen LogP contribution in [0.5, 0.6) is 0 Å². The fourth-order valence-corrected chi connectivity index (χ4v) is 1.94. The van der Waals surface area contributed by atoms with Crippen molar-refractivity contribution in [1.29, 1.82) is 0 Å². The van der Waals surface area contributed by atoms with Crippen molar-refractivity contribution in [2.45, 2.75) is 0 Å². The fourth-order valence-electron chi connectivity index (χ4n) is 1.94. The number of carbonyl (C=O) groups excluding carboxylic acids is 1. The molecular weight excluding hydrogens is 273 g/mol. The van der Waals surface area contributed by atoms with Crippen molar-refractivity contribution in [1.82, 2.24) is 10.2 Å². The van der Waals surface area contributed by atoms with Gasteiger partial charge in [-0.05, 0) is 12.1 Å². The van der Waals surface area contributed by atoms with Gasteiger partial charge in [-0.1, -0.05) is 0 Å². The molecule has 1 fully saturated rings. The van der Waals surface area contributed by atoms with Gasteiger partial charge in [0.15, 0.2) is 17.5 Å². The number of rotatable bonds is 4. The number of nitrogens with one attached hydrogen (secondary N) is 1. The molecule has 0 bridgehead atoms. The summed E-state index contributed by atoms with van der Waals surface area (Å²) in [7, 11) is 0. The van der Waals surface area contributed by atoms with Crippen molar-refractivity contribution in [3.05, 3.63) is 35.1 Å². The Bertz CT molecular complexity index is 467. The first-order valence-electron chi connectivity index (χ1n) is 6.31. The van der Waals surface area contributed by atoms with Crippen molar-refractivity contribution in [3.8, 4) is 0 Å². The van der Waals surface area contributed by atoms with Crippen LogP contribution in [0.4, 0.5) is 13.2 Å². The minimum atomic E-state index is -1.57. The number of hydrogen-bond donors (Lipinski definition) is 1. The van der Waals surface area contributed by atoms with Crippen molar-refractivity contribution < 1.29 is 22.7 Å². The summed E-state index contributed by atoms with van der Waals surface area (Å²) in [4.78, 5) is 13.8. The largest absolute Gasteiger partial charge is 0.379 e. The molecule has 4 nitrogen and oxygen atoms in total. The average Bonchev–Trinajstić information content (AvgIpc) is 2.45. The molecule has 1 N–H and O–H groups in total. The molecule has 0 aromatic heterocycles. The van der Waals surface area contributed by atoms with E-state index in [4.69, 9.17) is 4.74 Å². The van der Waals surface area contributed by atoms with Gasteiger partial charge in [0.05, 0.1) is 13.2 Å². The molecule has 1 amide bonds. The first-order valence-corrected chi connectivity index (χ1v) is 6.31. The highest BCUT2D eigenvalue weighted by molar-refractivity contribution is 5.94. The predicted octanol–water partition coefficient (Wildman–Crippen LogP) is 1.17. The van der Waals surface area contributed by atoms with Crippen molar-refractivity contribution in [2.24, 2.45) is 0 Å². The van der Waals surface area contributed by atoms with Crippen LogP contribution >= 0.6 is 0 Å². The zero-order chi connectivity index (χ0) is 14.5. The summed E-state index contributed by atoms with van der Waals surface area (Å²) < 4.78 is 43.9. The van der Waals surface area contributed by atoms with Crippen molar-refractivity contribution in [2.75, 3.05) is 39.4 Å². The number of ether oxygens (including phenoxy) is 1. The summed E-state index contributed by atoms with van der Waals surface area (Å²) in [6.07, 6.45) is 0. The quantitative estimate of drug-likeness (QED) is 0.846. The maximum atomic E-state index is 13.0. The van der Waals surface area contributed by atoms with Crippen LogP contribution in [0.2, 0.25) is 0 Å². The van der Waals surface area contributed by atoms with Gasteiger partial charge in [-0.15, -0.1) is 0 Å². The van der Waals surface area contributed by atoms with Crippen LogP contribution in [-0.4, -0.2) is 50.2 Å². The summed E-state index contributed by atoms with van der Waals surface area (Å²) in [6.45, 7) is 3.86. The summed E-state index contributed by atoms with van der Waals surface area (Å²) in [6, 6.07) is 1.37. The second-order valence-corrected chi connectivity index (χ2v) is 4.46. The lowest BCUT2D eigenvalue weighted by Crippen LogP contribution is -2.41. The molecule has 0 saturated carbocycles. The highest BCUT2D eigenvalue weighted by atomic mass is 19.2. The second-order valence-electron chi connectivity index (χ2n) is 4.46. The number of morpholine rings is 1. The summed E-state index contributed by atoms with van der Waals surface area (Å²) >= 11 is 0. The standard InChI is InChI=1S/C13H15F3N2O2/c14-10-7-9(8-11(15)12(10)16)13(19)17-1-2-18-3-5-20-6-4-18/h7-8H,1-6H2,(H,17,19). The van der Waals surface area contributed by atoms with Gasteiger partial charge in [-0.3, -0.25) is 9.69 Å². The first kappa shape index (κ1) is 14.8. The monoisotopic (exact) mass is 288 g/mol. The Morgan fingerprint density at radius 3 is 2.40 bits per heavy atom. The first-order chi connectivity index (χ1) is 9.58. The molecule has 1 heterocycles. The molecule has 1 aliphatic heterocycles. The van der Waals surface area contributed by atoms with Crippen molar-refractivity contribution >= 4 is 5.91 Å². The van der Waals surface area contributed by atoms with Crippen LogP contribution in [0.15, 0.2) is 12.1 Å². The SMILES string of the molecule is O=C(NCCN1CCOCC1)c1cc(F)c(F)c(F)c1. The van der Waals surface area contributed by atoms with Crippen LogP contribution in [0.25, 0.3) is 0 Å². The average molecular weight is 288 g/mol. The van der Waals surface area contributed by atoms with E-state index in [1.807, 2.05) is 0 Å². The summed E-state index contributed by atoms with van der Waals surface area (Å²) in [5, 5.41) is 2.54. The Hall–Kier alpha value is -1.60. The Morgan fingerprint density at radius 1 is 1.20 bits per heavy atom. The number of carbonyl (C=O) groups is 1. The molecule has 20 heavy (non-hydrogen) atoms. The van der Waals surface area contributed by atoms with Gasteiger partial charge < -0.3 is 10.1 Å². The lowest BCUT2D eigenvalue weighted by atomic mass is 10.2. The van der Waals surface area contributed by atoms with Gasteiger partial charge in [0.1, 0.15) is 0 Å². The molecule has 7 heteroatoms. The number of benzene rings is 1. The normalized spacial score (nSPS) is 16.1. The minimum Gasteiger partial charge on any atom is -0.379 e. The third-order valence-corrected chi connectivity index (χ3v) is 3.06. The van der Waals surface area contributed by atoms with Gasteiger partial charge in [-0.25, -0.2) is 13.2 Å². The number of amides is 1. The number of nitrogens with zero attached hydrogens (tertiary/aromatic N) is 1. The second kappa shape index (κ2) is 6.71. The highest BCUT2D eigenvalue weighted by Crippen LogP contribution is 2.13. The van der Waals surface area contributed by atoms with Crippen LogP contribution in [0.1, 0.15) is 10.4 Å². The molecule has 110 valence electrons. The molecule has 0 unspecified atom stereocenters. The van der Waals surface area contributed by atoms with E-state index < -0.39 is 23.4 Å². The third kappa shape index (κ3) is 3.71. The molecule has 1 aromatic carbocycles. The van der Waals surface area contributed by atoms with E-state index in [1.165, 1.54) is 0 Å². The molecule has 2 rings (SSSR count). The van der Waals surface area contributed by atoms with E-state index in [1.54, 1.807) is 0 Å². The number of hydrogen-bond acceptors (Lipinski definition) is 3. The lowest BCUT2D eigenvalue weighted by Gasteiger charge is -2.26. The topological polar surface area (TPSA) is 41.6 Å². The predicted molar refractivity (Wildman–Crippen MR) is 65.9 cm³/mol. The smallest absolute Gasteiger partial charge is 0.251 e. The maximum absolute atomic E-state index is 13.0. The van der Waals surface area contributed by atoms with Crippen LogP contribution in [0, 0.1) is 17.5 Å². The van der Waals surface area contributed by atoms with Crippen LogP contribution in [-0.2, 0) is 4.74 Å². The van der Waals surface area contributed by atoms with Gasteiger partial charge in [0.25, 0.3) is 5.91 Å². The molecule has 1 aliphatic rings. The molecule has 0 radical (unpaired) electrons. The molecule has 0 atom stereocenters. The Balaban J connectivity index is 1.85.